The lowest BCUT2D eigenvalue weighted by Crippen LogP contribution is -2.31. The Bertz CT molecular complexity index is 427. The smallest absolute Gasteiger partial charge is 0.223 e. The maximum atomic E-state index is 11.8. The van der Waals surface area contributed by atoms with Crippen LogP contribution in [0.5, 0.6) is 0 Å². The normalized spacial score (nSPS) is 10.2. The minimum absolute atomic E-state index is 0.0723. The zero-order chi connectivity index (χ0) is 14.1. The molecule has 1 aromatic heterocycles. The largest absolute Gasteiger partial charge is 0.345 e. The minimum atomic E-state index is 0.0723. The molecule has 0 unspecified atom stereocenters. The molecule has 1 aromatic rings. The van der Waals surface area contributed by atoms with Crippen molar-refractivity contribution in [2.75, 3.05) is 27.2 Å². The van der Waals surface area contributed by atoms with Gasteiger partial charge in [0.1, 0.15) is 0 Å². The highest BCUT2D eigenvalue weighted by atomic mass is 16.2. The van der Waals surface area contributed by atoms with Crippen molar-refractivity contribution < 1.29 is 4.79 Å². The molecule has 0 saturated heterocycles. The molecule has 1 rings (SSSR count). The van der Waals surface area contributed by atoms with Crippen LogP contribution in [0.1, 0.15) is 18.5 Å². The highest BCUT2D eigenvalue weighted by Gasteiger charge is 2.09. The number of amides is 1. The summed E-state index contributed by atoms with van der Waals surface area (Å²) < 4.78 is 0. The second-order valence-corrected chi connectivity index (χ2v) is 4.53. The summed E-state index contributed by atoms with van der Waals surface area (Å²) in [5.41, 5.74) is 0.996. The Hall–Kier alpha value is -1.93. The Kier molecular flexibility index (Phi) is 6.55. The Labute approximate surface area is 114 Å². The molecule has 1 heterocycles. The Balaban J connectivity index is 2.28. The second-order valence-electron chi connectivity index (χ2n) is 4.53. The fourth-order valence-corrected chi connectivity index (χ4v) is 1.67. The molecule has 0 radical (unpaired) electrons. The SMILES string of the molecule is CN(CCC(=O)N(C)CCC#N)Cc1ccccn1. The van der Waals surface area contributed by atoms with Crippen LogP contribution in [0, 0.1) is 11.3 Å². The molecule has 5 heteroatoms. The third-order valence-corrected chi connectivity index (χ3v) is 2.85. The van der Waals surface area contributed by atoms with E-state index in [4.69, 9.17) is 5.26 Å². The maximum Gasteiger partial charge on any atom is 0.223 e. The monoisotopic (exact) mass is 260 g/mol. The van der Waals surface area contributed by atoms with Crippen LogP contribution < -0.4 is 0 Å². The van der Waals surface area contributed by atoms with Crippen molar-refractivity contribution in [3.63, 3.8) is 0 Å². The molecule has 0 aromatic carbocycles. The quantitative estimate of drug-likeness (QED) is 0.741. The van der Waals surface area contributed by atoms with E-state index in [9.17, 15) is 4.79 Å². The first-order valence-electron chi connectivity index (χ1n) is 6.33. The molecule has 0 aliphatic rings. The van der Waals surface area contributed by atoms with Crippen molar-refractivity contribution in [3.8, 4) is 6.07 Å². The van der Waals surface area contributed by atoms with Gasteiger partial charge in [0.05, 0.1) is 18.2 Å². The van der Waals surface area contributed by atoms with Crippen molar-refractivity contribution in [2.45, 2.75) is 19.4 Å². The van der Waals surface area contributed by atoms with Crippen molar-refractivity contribution in [2.24, 2.45) is 0 Å². The van der Waals surface area contributed by atoms with E-state index in [-0.39, 0.29) is 5.91 Å². The molecule has 0 saturated carbocycles. The first-order chi connectivity index (χ1) is 9.13. The average Bonchev–Trinajstić information content (AvgIpc) is 2.43. The number of aromatic nitrogens is 1. The van der Waals surface area contributed by atoms with Crippen molar-refractivity contribution in [1.29, 1.82) is 5.26 Å². The third-order valence-electron chi connectivity index (χ3n) is 2.85. The standard InChI is InChI=1S/C14H20N4O/c1-17(12-13-6-3-4-9-16-13)11-7-14(19)18(2)10-5-8-15/h3-4,6,9H,5,7,10-12H2,1-2H3. The number of pyridine rings is 1. The summed E-state index contributed by atoms with van der Waals surface area (Å²) in [7, 11) is 3.70. The van der Waals surface area contributed by atoms with Gasteiger partial charge in [0.2, 0.25) is 5.91 Å². The van der Waals surface area contributed by atoms with Crippen LogP contribution in [-0.4, -0.2) is 47.9 Å². The second kappa shape index (κ2) is 8.22. The molecule has 5 nitrogen and oxygen atoms in total. The summed E-state index contributed by atoms with van der Waals surface area (Å²) in [6, 6.07) is 7.85. The van der Waals surface area contributed by atoms with Crippen LogP contribution in [0.25, 0.3) is 0 Å². The van der Waals surface area contributed by atoms with Gasteiger partial charge >= 0.3 is 0 Å². The lowest BCUT2D eigenvalue weighted by molar-refractivity contribution is -0.130. The summed E-state index contributed by atoms with van der Waals surface area (Å²) in [4.78, 5) is 19.7. The van der Waals surface area contributed by atoms with Gasteiger partial charge in [0.15, 0.2) is 0 Å². The topological polar surface area (TPSA) is 60.2 Å². The summed E-state index contributed by atoms with van der Waals surface area (Å²) in [6.45, 7) is 1.92. The summed E-state index contributed by atoms with van der Waals surface area (Å²) in [5.74, 6) is 0.0723. The fourth-order valence-electron chi connectivity index (χ4n) is 1.67. The van der Waals surface area contributed by atoms with Crippen molar-refractivity contribution in [1.82, 2.24) is 14.8 Å². The summed E-state index contributed by atoms with van der Waals surface area (Å²) in [5, 5.41) is 8.48. The molecular weight excluding hydrogens is 240 g/mol. The van der Waals surface area contributed by atoms with Crippen LogP contribution in [-0.2, 0) is 11.3 Å². The van der Waals surface area contributed by atoms with Crippen LogP contribution >= 0.6 is 0 Å². The molecule has 102 valence electrons. The molecule has 0 spiro atoms. The molecule has 0 aliphatic carbocycles. The van der Waals surface area contributed by atoms with Gasteiger partial charge in [-0.25, -0.2) is 0 Å². The first kappa shape index (κ1) is 15.1. The molecule has 0 fully saturated rings. The van der Waals surface area contributed by atoms with E-state index in [1.54, 1.807) is 18.1 Å². The Morgan fingerprint density at radius 2 is 2.16 bits per heavy atom. The van der Waals surface area contributed by atoms with Gasteiger partial charge in [0.25, 0.3) is 0 Å². The van der Waals surface area contributed by atoms with Crippen molar-refractivity contribution >= 4 is 5.91 Å². The van der Waals surface area contributed by atoms with Gasteiger partial charge in [-0.15, -0.1) is 0 Å². The Morgan fingerprint density at radius 1 is 1.37 bits per heavy atom. The van der Waals surface area contributed by atoms with Crippen LogP contribution in [0.3, 0.4) is 0 Å². The number of carbonyl (C=O) groups excluding carboxylic acids is 1. The number of carbonyl (C=O) groups is 1. The number of nitriles is 1. The molecule has 1 amide bonds. The van der Waals surface area contributed by atoms with Gasteiger partial charge in [0, 0.05) is 39.3 Å². The lowest BCUT2D eigenvalue weighted by Gasteiger charge is -2.19. The van der Waals surface area contributed by atoms with E-state index in [0.717, 1.165) is 12.2 Å². The molecule has 19 heavy (non-hydrogen) atoms. The van der Waals surface area contributed by atoms with Crippen molar-refractivity contribution in [3.05, 3.63) is 30.1 Å². The minimum Gasteiger partial charge on any atom is -0.345 e. The van der Waals surface area contributed by atoms with Gasteiger partial charge in [-0.3, -0.25) is 9.78 Å². The molecular formula is C14H20N4O. The van der Waals surface area contributed by atoms with Gasteiger partial charge in [-0.1, -0.05) is 6.07 Å². The van der Waals surface area contributed by atoms with Gasteiger partial charge in [-0.05, 0) is 19.2 Å². The van der Waals surface area contributed by atoms with E-state index in [0.29, 0.717) is 25.9 Å². The number of hydrogen-bond acceptors (Lipinski definition) is 4. The summed E-state index contributed by atoms with van der Waals surface area (Å²) in [6.07, 6.45) is 2.61. The third kappa shape index (κ3) is 5.98. The molecule has 0 aliphatic heterocycles. The van der Waals surface area contributed by atoms with E-state index >= 15 is 0 Å². The predicted octanol–water partition coefficient (Wildman–Crippen LogP) is 1.28. The number of nitrogens with zero attached hydrogens (tertiary/aromatic N) is 4. The van der Waals surface area contributed by atoms with E-state index < -0.39 is 0 Å². The van der Waals surface area contributed by atoms with Crippen LogP contribution in [0.4, 0.5) is 0 Å². The average molecular weight is 260 g/mol. The molecule has 0 bridgehead atoms. The van der Waals surface area contributed by atoms with Gasteiger partial charge in [-0.2, -0.15) is 5.26 Å². The molecule has 0 atom stereocenters. The predicted molar refractivity (Wildman–Crippen MR) is 73.1 cm³/mol. The van der Waals surface area contributed by atoms with E-state index in [2.05, 4.69) is 9.88 Å². The number of rotatable bonds is 7. The zero-order valence-electron chi connectivity index (χ0n) is 11.5. The zero-order valence-corrected chi connectivity index (χ0v) is 11.5. The first-order valence-corrected chi connectivity index (χ1v) is 6.33. The fraction of sp³-hybridized carbons (Fsp3) is 0.500. The summed E-state index contributed by atoms with van der Waals surface area (Å²) >= 11 is 0. The van der Waals surface area contributed by atoms with Crippen LogP contribution in [0.2, 0.25) is 0 Å². The van der Waals surface area contributed by atoms with E-state index in [1.807, 2.05) is 31.3 Å². The van der Waals surface area contributed by atoms with Crippen LogP contribution in [0.15, 0.2) is 24.4 Å². The maximum absolute atomic E-state index is 11.8. The number of hydrogen-bond donors (Lipinski definition) is 0. The Morgan fingerprint density at radius 3 is 2.79 bits per heavy atom. The molecule has 0 N–H and O–H groups in total. The highest BCUT2D eigenvalue weighted by Crippen LogP contribution is 2.01. The lowest BCUT2D eigenvalue weighted by atomic mass is 10.3. The van der Waals surface area contributed by atoms with E-state index in [1.165, 1.54) is 0 Å². The van der Waals surface area contributed by atoms with Gasteiger partial charge < -0.3 is 9.80 Å². The highest BCUT2D eigenvalue weighted by molar-refractivity contribution is 5.76.